The maximum absolute atomic E-state index is 5.74. The first kappa shape index (κ1) is 10.0. The number of nitrogens with two attached hydrogens (primary N) is 1. The molecule has 0 heterocycles. The number of anilines is 1. The van der Waals surface area contributed by atoms with Crippen molar-refractivity contribution in [2.24, 2.45) is 0 Å². The molecule has 0 bridgehead atoms. The van der Waals surface area contributed by atoms with Gasteiger partial charge in [-0.2, -0.15) is 12.6 Å². The van der Waals surface area contributed by atoms with Crippen molar-refractivity contribution in [3.05, 3.63) is 29.3 Å². The predicted molar refractivity (Wildman–Crippen MR) is 60.9 cm³/mol. The molecule has 0 aromatic heterocycles. The highest BCUT2D eigenvalue weighted by Crippen LogP contribution is 2.11. The molecular formula is C11H13NS. The van der Waals surface area contributed by atoms with Gasteiger partial charge in [-0.05, 0) is 24.6 Å². The third-order valence-corrected chi connectivity index (χ3v) is 1.97. The monoisotopic (exact) mass is 191 g/mol. The number of hydrogen-bond acceptors (Lipinski definition) is 2. The van der Waals surface area contributed by atoms with Gasteiger partial charge in [0.05, 0.1) is 0 Å². The molecule has 1 aromatic carbocycles. The Morgan fingerprint density at radius 3 is 2.85 bits per heavy atom. The standard InChI is InChI=1S/C11H13NS/c1-9-5-6-10(8-11(9)12)4-2-3-7-13/h5-6,8,13H,3,7,12H2,1H3. The highest BCUT2D eigenvalue weighted by Gasteiger charge is 1.92. The molecule has 1 nitrogen and oxygen atoms in total. The normalized spacial score (nSPS) is 9.08. The minimum atomic E-state index is 0.800. The van der Waals surface area contributed by atoms with E-state index in [9.17, 15) is 0 Å². The van der Waals surface area contributed by atoms with Gasteiger partial charge in [-0.3, -0.25) is 0 Å². The largest absolute Gasteiger partial charge is 0.398 e. The van der Waals surface area contributed by atoms with E-state index in [1.165, 1.54) is 0 Å². The van der Waals surface area contributed by atoms with E-state index in [0.717, 1.165) is 29.0 Å². The first-order valence-electron chi connectivity index (χ1n) is 4.20. The first-order chi connectivity index (χ1) is 6.24. The summed E-state index contributed by atoms with van der Waals surface area (Å²) in [7, 11) is 0. The molecule has 2 heteroatoms. The average molecular weight is 191 g/mol. The lowest BCUT2D eigenvalue weighted by atomic mass is 10.1. The van der Waals surface area contributed by atoms with Crippen LogP contribution in [0.2, 0.25) is 0 Å². The minimum Gasteiger partial charge on any atom is -0.398 e. The quantitative estimate of drug-likeness (QED) is 0.397. The van der Waals surface area contributed by atoms with Gasteiger partial charge >= 0.3 is 0 Å². The molecular weight excluding hydrogens is 178 g/mol. The molecule has 0 amide bonds. The smallest absolute Gasteiger partial charge is 0.0356 e. The van der Waals surface area contributed by atoms with Crippen LogP contribution in [0.1, 0.15) is 17.5 Å². The van der Waals surface area contributed by atoms with Gasteiger partial charge in [-0.15, -0.1) is 0 Å². The SMILES string of the molecule is Cc1ccc(C#CCCS)cc1N. The van der Waals surface area contributed by atoms with Crippen molar-refractivity contribution in [3.8, 4) is 11.8 Å². The Labute approximate surface area is 84.8 Å². The van der Waals surface area contributed by atoms with Crippen molar-refractivity contribution in [3.63, 3.8) is 0 Å². The summed E-state index contributed by atoms with van der Waals surface area (Å²) >= 11 is 4.08. The maximum Gasteiger partial charge on any atom is 0.0356 e. The van der Waals surface area contributed by atoms with E-state index in [2.05, 4.69) is 24.5 Å². The van der Waals surface area contributed by atoms with Crippen LogP contribution in [0.5, 0.6) is 0 Å². The van der Waals surface area contributed by atoms with Gasteiger partial charge in [-0.1, -0.05) is 17.9 Å². The van der Waals surface area contributed by atoms with Crippen LogP contribution in [0, 0.1) is 18.8 Å². The van der Waals surface area contributed by atoms with Crippen LogP contribution < -0.4 is 5.73 Å². The molecule has 0 radical (unpaired) electrons. The highest BCUT2D eigenvalue weighted by atomic mass is 32.1. The van der Waals surface area contributed by atoms with Crippen molar-refractivity contribution in [2.75, 3.05) is 11.5 Å². The van der Waals surface area contributed by atoms with Crippen LogP contribution in [0.4, 0.5) is 5.69 Å². The summed E-state index contributed by atoms with van der Waals surface area (Å²) in [4.78, 5) is 0. The Morgan fingerprint density at radius 2 is 2.23 bits per heavy atom. The summed E-state index contributed by atoms with van der Waals surface area (Å²) in [5.41, 5.74) is 8.62. The molecule has 0 atom stereocenters. The van der Waals surface area contributed by atoms with Gasteiger partial charge in [0.15, 0.2) is 0 Å². The molecule has 13 heavy (non-hydrogen) atoms. The zero-order valence-electron chi connectivity index (χ0n) is 7.67. The second-order valence-electron chi connectivity index (χ2n) is 2.85. The zero-order valence-corrected chi connectivity index (χ0v) is 8.57. The Kier molecular flexibility index (Phi) is 3.72. The Balaban J connectivity index is 2.81. The van der Waals surface area contributed by atoms with Gasteiger partial charge in [0.2, 0.25) is 0 Å². The van der Waals surface area contributed by atoms with Crippen LogP contribution in [-0.4, -0.2) is 5.75 Å². The number of aryl methyl sites for hydroxylation is 1. The zero-order chi connectivity index (χ0) is 9.68. The second kappa shape index (κ2) is 4.84. The Morgan fingerprint density at radius 1 is 1.46 bits per heavy atom. The van der Waals surface area contributed by atoms with Crippen LogP contribution in [0.25, 0.3) is 0 Å². The van der Waals surface area contributed by atoms with E-state index < -0.39 is 0 Å². The van der Waals surface area contributed by atoms with Crippen molar-refractivity contribution >= 4 is 18.3 Å². The molecule has 0 aliphatic carbocycles. The third-order valence-electron chi connectivity index (χ3n) is 1.75. The molecule has 0 aliphatic heterocycles. The van der Waals surface area contributed by atoms with Gasteiger partial charge < -0.3 is 5.73 Å². The number of hydrogen-bond donors (Lipinski definition) is 2. The molecule has 0 saturated heterocycles. The van der Waals surface area contributed by atoms with E-state index in [1.807, 2.05) is 25.1 Å². The van der Waals surface area contributed by atoms with Gasteiger partial charge in [0.1, 0.15) is 0 Å². The molecule has 0 aliphatic rings. The summed E-state index contributed by atoms with van der Waals surface area (Å²) < 4.78 is 0. The van der Waals surface area contributed by atoms with E-state index in [0.29, 0.717) is 0 Å². The molecule has 0 saturated carbocycles. The number of thiol groups is 1. The van der Waals surface area contributed by atoms with Crippen LogP contribution in [-0.2, 0) is 0 Å². The van der Waals surface area contributed by atoms with Crippen molar-refractivity contribution in [1.29, 1.82) is 0 Å². The van der Waals surface area contributed by atoms with Crippen LogP contribution in [0.15, 0.2) is 18.2 Å². The maximum atomic E-state index is 5.74. The van der Waals surface area contributed by atoms with E-state index in [1.54, 1.807) is 0 Å². The van der Waals surface area contributed by atoms with E-state index >= 15 is 0 Å². The number of nitrogen functional groups attached to an aromatic ring is 1. The van der Waals surface area contributed by atoms with Crippen LogP contribution >= 0.6 is 12.6 Å². The van der Waals surface area contributed by atoms with Gasteiger partial charge in [0, 0.05) is 23.4 Å². The lowest BCUT2D eigenvalue weighted by molar-refractivity contribution is 1.31. The Hall–Kier alpha value is -1.07. The number of benzene rings is 1. The van der Waals surface area contributed by atoms with E-state index in [4.69, 9.17) is 5.73 Å². The van der Waals surface area contributed by atoms with Crippen molar-refractivity contribution in [1.82, 2.24) is 0 Å². The average Bonchev–Trinajstić information content (AvgIpc) is 2.12. The van der Waals surface area contributed by atoms with Gasteiger partial charge in [0.25, 0.3) is 0 Å². The fourth-order valence-corrected chi connectivity index (χ4v) is 1.05. The molecule has 2 N–H and O–H groups in total. The molecule has 1 rings (SSSR count). The van der Waals surface area contributed by atoms with Gasteiger partial charge in [-0.25, -0.2) is 0 Å². The second-order valence-corrected chi connectivity index (χ2v) is 3.29. The van der Waals surface area contributed by atoms with E-state index in [-0.39, 0.29) is 0 Å². The fraction of sp³-hybridized carbons (Fsp3) is 0.273. The summed E-state index contributed by atoms with van der Waals surface area (Å²) in [6.45, 7) is 1.99. The number of rotatable bonds is 1. The summed E-state index contributed by atoms with van der Waals surface area (Å²) in [6.07, 6.45) is 0.816. The van der Waals surface area contributed by atoms with Crippen LogP contribution in [0.3, 0.4) is 0 Å². The summed E-state index contributed by atoms with van der Waals surface area (Å²) in [6, 6.07) is 5.87. The Bertz CT molecular complexity index is 347. The fourth-order valence-electron chi connectivity index (χ4n) is 0.939. The summed E-state index contributed by atoms with van der Waals surface area (Å²) in [5.74, 6) is 6.85. The molecule has 1 aromatic rings. The lowest BCUT2D eigenvalue weighted by Gasteiger charge is -1.98. The minimum absolute atomic E-state index is 0.800. The predicted octanol–water partition coefficient (Wildman–Crippen LogP) is 2.25. The van der Waals surface area contributed by atoms with Crippen molar-refractivity contribution in [2.45, 2.75) is 13.3 Å². The molecule has 0 unspecified atom stereocenters. The lowest BCUT2D eigenvalue weighted by Crippen LogP contribution is -1.89. The first-order valence-corrected chi connectivity index (χ1v) is 4.83. The molecule has 0 spiro atoms. The highest BCUT2D eigenvalue weighted by molar-refractivity contribution is 7.80. The molecule has 0 fully saturated rings. The third kappa shape index (κ3) is 3.04. The molecule has 68 valence electrons. The van der Waals surface area contributed by atoms with Crippen molar-refractivity contribution < 1.29 is 0 Å². The topological polar surface area (TPSA) is 26.0 Å². The summed E-state index contributed by atoms with van der Waals surface area (Å²) in [5, 5.41) is 0.